The fraction of sp³-hybridized carbons (Fsp3) is 0.0909. The van der Waals surface area contributed by atoms with E-state index >= 15 is 0 Å². The first-order valence-corrected chi connectivity index (χ1v) is 7.28. The van der Waals surface area contributed by atoms with Crippen LogP contribution in [0.15, 0.2) is 11.4 Å². The summed E-state index contributed by atoms with van der Waals surface area (Å²) in [7, 11) is 0. The van der Waals surface area contributed by atoms with Crippen molar-refractivity contribution in [3.63, 3.8) is 0 Å². The van der Waals surface area contributed by atoms with Crippen LogP contribution in [0.4, 0.5) is 0 Å². The minimum atomic E-state index is 0.182. The lowest BCUT2D eigenvalue weighted by Gasteiger charge is -2.11. The van der Waals surface area contributed by atoms with E-state index in [-0.39, 0.29) is 15.1 Å². The van der Waals surface area contributed by atoms with Crippen LogP contribution >= 0.6 is 69.3 Å². The van der Waals surface area contributed by atoms with Gasteiger partial charge in [0.15, 0.2) is 0 Å². The van der Waals surface area contributed by atoms with E-state index in [1.807, 2.05) is 18.4 Å². The van der Waals surface area contributed by atoms with Crippen molar-refractivity contribution in [1.29, 1.82) is 0 Å². The second kappa shape index (κ2) is 5.16. The second-order valence-corrected chi connectivity index (χ2v) is 6.18. The predicted molar refractivity (Wildman–Crippen MR) is 79.5 cm³/mol. The molecule has 17 heavy (non-hydrogen) atoms. The molecule has 0 unspecified atom stereocenters. The summed E-state index contributed by atoms with van der Waals surface area (Å²) in [4.78, 5) is 0.945. The van der Waals surface area contributed by atoms with E-state index in [0.29, 0.717) is 15.6 Å². The van der Waals surface area contributed by atoms with Gasteiger partial charge in [0.1, 0.15) is 0 Å². The largest absolute Gasteiger partial charge is 0.143 e. The van der Waals surface area contributed by atoms with Gasteiger partial charge in [-0.05, 0) is 23.9 Å². The van der Waals surface area contributed by atoms with E-state index in [2.05, 4.69) is 0 Å². The minimum absolute atomic E-state index is 0.182. The highest BCUT2D eigenvalue weighted by molar-refractivity contribution is 7.14. The van der Waals surface area contributed by atoms with E-state index < -0.39 is 0 Å². The molecule has 1 heterocycles. The van der Waals surface area contributed by atoms with Crippen molar-refractivity contribution < 1.29 is 0 Å². The van der Waals surface area contributed by atoms with Crippen molar-refractivity contribution in [2.75, 3.05) is 0 Å². The Morgan fingerprint density at radius 2 is 1.29 bits per heavy atom. The quantitative estimate of drug-likeness (QED) is 0.385. The molecule has 0 atom stereocenters. The van der Waals surface area contributed by atoms with Gasteiger partial charge in [-0.1, -0.05) is 58.0 Å². The van der Waals surface area contributed by atoms with Crippen LogP contribution < -0.4 is 0 Å². The summed E-state index contributed by atoms with van der Waals surface area (Å²) in [5.41, 5.74) is 1.70. The summed E-state index contributed by atoms with van der Waals surface area (Å²) in [6.45, 7) is 1.97. The Morgan fingerprint density at radius 1 is 0.824 bits per heavy atom. The van der Waals surface area contributed by atoms with Gasteiger partial charge in [-0.25, -0.2) is 0 Å². The Labute approximate surface area is 128 Å². The summed E-state index contributed by atoms with van der Waals surface area (Å²) in [6.07, 6.45) is 0. The summed E-state index contributed by atoms with van der Waals surface area (Å²) < 4.78 is 0. The number of hydrogen-bond acceptors (Lipinski definition) is 1. The van der Waals surface area contributed by atoms with Gasteiger partial charge < -0.3 is 0 Å². The minimum Gasteiger partial charge on any atom is -0.143 e. The van der Waals surface area contributed by atoms with Gasteiger partial charge in [0, 0.05) is 10.4 Å². The Balaban J connectivity index is 2.84. The lowest BCUT2D eigenvalue weighted by Crippen LogP contribution is -1.86. The molecule has 1 aromatic heterocycles. The molecule has 0 saturated heterocycles. The lowest BCUT2D eigenvalue weighted by molar-refractivity contribution is 1.53. The highest BCUT2D eigenvalue weighted by Crippen LogP contribution is 2.49. The molecule has 0 aliphatic rings. The second-order valence-electron chi connectivity index (χ2n) is 3.38. The van der Waals surface area contributed by atoms with Crippen LogP contribution in [0.2, 0.25) is 25.1 Å². The molecule has 2 aromatic rings. The number of halogens is 5. The van der Waals surface area contributed by atoms with Crippen LogP contribution in [0.3, 0.4) is 0 Å². The number of hydrogen-bond donors (Lipinski definition) is 0. The number of rotatable bonds is 1. The number of aryl methyl sites for hydroxylation is 1. The maximum atomic E-state index is 6.19. The fourth-order valence-electron chi connectivity index (χ4n) is 1.43. The highest BCUT2D eigenvalue weighted by Gasteiger charge is 2.21. The molecule has 0 amide bonds. The van der Waals surface area contributed by atoms with Crippen molar-refractivity contribution in [3.05, 3.63) is 42.1 Å². The average Bonchev–Trinajstić information content (AvgIpc) is 2.71. The SMILES string of the molecule is Cc1ccsc1-c1c(Cl)c(Cl)c(Cl)c(Cl)c1Cl. The molecule has 0 N–H and O–H groups in total. The molecule has 0 fully saturated rings. The van der Waals surface area contributed by atoms with E-state index in [9.17, 15) is 0 Å². The van der Waals surface area contributed by atoms with Crippen LogP contribution in [0.5, 0.6) is 0 Å². The molecule has 0 nitrogen and oxygen atoms in total. The summed E-state index contributed by atoms with van der Waals surface area (Å²) in [5, 5.41) is 3.25. The standard InChI is InChI=1S/C11H5Cl5S/c1-4-2-3-17-11(4)5-6(12)8(14)10(16)9(15)7(5)13/h2-3H,1H3. The molecular formula is C11H5Cl5S. The van der Waals surface area contributed by atoms with Gasteiger partial charge >= 0.3 is 0 Å². The zero-order chi connectivity index (χ0) is 12.7. The third-order valence-corrected chi connectivity index (χ3v) is 5.61. The molecule has 0 saturated carbocycles. The zero-order valence-electron chi connectivity index (χ0n) is 8.45. The van der Waals surface area contributed by atoms with Gasteiger partial charge in [-0.15, -0.1) is 11.3 Å². The molecule has 2 rings (SSSR count). The third kappa shape index (κ3) is 2.30. The number of thiophene rings is 1. The van der Waals surface area contributed by atoms with E-state index in [4.69, 9.17) is 58.0 Å². The van der Waals surface area contributed by atoms with Crippen LogP contribution in [0.25, 0.3) is 10.4 Å². The summed E-state index contributed by atoms with van der Waals surface area (Å²) >= 11 is 31.9. The predicted octanol–water partition coefficient (Wildman–Crippen LogP) is 6.99. The third-order valence-electron chi connectivity index (χ3n) is 2.30. The van der Waals surface area contributed by atoms with Crippen LogP contribution in [0, 0.1) is 6.92 Å². The van der Waals surface area contributed by atoms with E-state index in [1.54, 1.807) is 0 Å². The highest BCUT2D eigenvalue weighted by atomic mass is 35.5. The molecule has 0 aliphatic carbocycles. The first kappa shape index (κ1) is 13.8. The summed E-state index contributed by atoms with van der Waals surface area (Å²) in [5.74, 6) is 0. The van der Waals surface area contributed by atoms with E-state index in [0.717, 1.165) is 10.4 Å². The number of benzene rings is 1. The Kier molecular flexibility index (Phi) is 4.19. The van der Waals surface area contributed by atoms with Crippen LogP contribution in [0.1, 0.15) is 5.56 Å². The molecule has 0 bridgehead atoms. The van der Waals surface area contributed by atoms with Crippen molar-refractivity contribution in [1.82, 2.24) is 0 Å². The molecule has 0 spiro atoms. The van der Waals surface area contributed by atoms with Gasteiger partial charge in [0.25, 0.3) is 0 Å². The molecular weight excluding hydrogens is 341 g/mol. The maximum Gasteiger partial charge on any atom is 0.0809 e. The van der Waals surface area contributed by atoms with Gasteiger partial charge in [-0.3, -0.25) is 0 Å². The topological polar surface area (TPSA) is 0 Å². The first-order chi connectivity index (χ1) is 7.95. The van der Waals surface area contributed by atoms with Crippen molar-refractivity contribution >= 4 is 69.3 Å². The van der Waals surface area contributed by atoms with Gasteiger partial charge in [0.2, 0.25) is 0 Å². The molecule has 90 valence electrons. The summed E-state index contributed by atoms with van der Waals surface area (Å²) in [6, 6.07) is 1.98. The molecule has 0 aliphatic heterocycles. The monoisotopic (exact) mass is 344 g/mol. The lowest BCUT2D eigenvalue weighted by atomic mass is 10.1. The van der Waals surface area contributed by atoms with Gasteiger partial charge in [-0.2, -0.15) is 0 Å². The molecule has 6 heteroatoms. The zero-order valence-corrected chi connectivity index (χ0v) is 13.0. The van der Waals surface area contributed by atoms with Crippen molar-refractivity contribution in [2.24, 2.45) is 0 Å². The Morgan fingerprint density at radius 3 is 1.71 bits per heavy atom. The smallest absolute Gasteiger partial charge is 0.0809 e. The first-order valence-electron chi connectivity index (χ1n) is 4.51. The van der Waals surface area contributed by atoms with Crippen molar-refractivity contribution in [2.45, 2.75) is 6.92 Å². The fourth-order valence-corrected chi connectivity index (χ4v) is 3.86. The Bertz CT molecular complexity index is 559. The molecule has 0 radical (unpaired) electrons. The van der Waals surface area contributed by atoms with Crippen LogP contribution in [-0.4, -0.2) is 0 Å². The van der Waals surface area contributed by atoms with Gasteiger partial charge in [0.05, 0.1) is 25.1 Å². The normalized spacial score (nSPS) is 10.9. The maximum absolute atomic E-state index is 6.19. The average molecular weight is 346 g/mol. The van der Waals surface area contributed by atoms with Crippen LogP contribution in [-0.2, 0) is 0 Å². The van der Waals surface area contributed by atoms with E-state index in [1.165, 1.54) is 11.3 Å². The van der Waals surface area contributed by atoms with Crippen molar-refractivity contribution in [3.8, 4) is 10.4 Å². The Hall–Kier alpha value is 0.370. The molecule has 1 aromatic carbocycles.